The van der Waals surface area contributed by atoms with E-state index in [4.69, 9.17) is 16.2 Å². The largest absolute Gasteiger partial charge is 0.480 e. The van der Waals surface area contributed by atoms with E-state index in [1.807, 2.05) is 0 Å². The minimum absolute atomic E-state index is 0.0116. The summed E-state index contributed by atoms with van der Waals surface area (Å²) in [5.41, 5.74) is 5.24. The molecule has 0 spiro atoms. The quantitative estimate of drug-likeness (QED) is 0.279. The van der Waals surface area contributed by atoms with E-state index in [-0.39, 0.29) is 24.7 Å². The minimum Gasteiger partial charge on any atom is -0.480 e. The van der Waals surface area contributed by atoms with Crippen LogP contribution in [0.1, 0.15) is 0 Å². The van der Waals surface area contributed by atoms with Crippen LogP contribution < -0.4 is 5.73 Å². The molecule has 0 saturated heterocycles. The third-order valence-corrected chi connectivity index (χ3v) is 2.02. The predicted molar refractivity (Wildman–Crippen MR) is 54.7 cm³/mol. The summed E-state index contributed by atoms with van der Waals surface area (Å²) >= 11 is 3.84. The first-order valence-corrected chi connectivity index (χ1v) is 4.65. The molecule has 0 aliphatic rings. The number of rotatable bonds is 6. The zero-order chi connectivity index (χ0) is 11.1. The zero-order valence-electron chi connectivity index (χ0n) is 7.61. The molecule has 0 unspecified atom stereocenters. The van der Waals surface area contributed by atoms with Gasteiger partial charge in [0.25, 0.3) is 0 Å². The summed E-state index contributed by atoms with van der Waals surface area (Å²) in [4.78, 5) is 11.8. The molecule has 0 amide bonds. The van der Waals surface area contributed by atoms with Gasteiger partial charge in [-0.1, -0.05) is 0 Å². The maximum atomic E-state index is 12.2. The maximum absolute atomic E-state index is 12.2. The van der Waals surface area contributed by atoms with E-state index in [9.17, 15) is 9.18 Å². The Labute approximate surface area is 87.0 Å². The van der Waals surface area contributed by atoms with Crippen molar-refractivity contribution >= 4 is 24.4 Å². The normalized spacial score (nSPS) is 12.2. The van der Waals surface area contributed by atoms with Crippen LogP contribution in [0.15, 0.2) is 0 Å². The third-order valence-electron chi connectivity index (χ3n) is 1.68. The first-order valence-electron chi connectivity index (χ1n) is 4.02. The fourth-order valence-electron chi connectivity index (χ4n) is 1.00. The van der Waals surface area contributed by atoms with Crippen molar-refractivity contribution in [2.45, 2.75) is 6.04 Å². The van der Waals surface area contributed by atoms with Crippen LogP contribution in [0.2, 0.25) is 0 Å². The molecule has 0 aliphatic heterocycles. The Bertz CT molecular complexity index is 215. The number of nitrogens with two attached hydrogens (primary N) is 1. The average molecular weight is 223 g/mol. The number of nitrogens with one attached hydrogen (secondary N) is 1. The second-order valence-corrected chi connectivity index (χ2v) is 2.96. The van der Waals surface area contributed by atoms with Crippen LogP contribution in [0.4, 0.5) is 4.39 Å². The standard InChI is InChI=1S/C7H14FN3O2S/c8-3-6(10)11(2-1-9)5(4-14)7(12)13/h5,10,14H,1-4,9H2,(H,12,13)/t5-/m0/s1. The van der Waals surface area contributed by atoms with Crippen LogP contribution in [0.25, 0.3) is 0 Å². The summed E-state index contributed by atoms with van der Waals surface area (Å²) in [5, 5.41) is 16.0. The Balaban J connectivity index is 4.59. The van der Waals surface area contributed by atoms with E-state index >= 15 is 0 Å². The number of halogens is 1. The molecule has 5 nitrogen and oxygen atoms in total. The highest BCUT2D eigenvalue weighted by molar-refractivity contribution is 7.80. The lowest BCUT2D eigenvalue weighted by molar-refractivity contribution is -0.141. The zero-order valence-corrected chi connectivity index (χ0v) is 8.51. The van der Waals surface area contributed by atoms with Gasteiger partial charge in [-0.3, -0.25) is 5.41 Å². The summed E-state index contributed by atoms with van der Waals surface area (Å²) in [6, 6.07) is -0.995. The fourth-order valence-corrected chi connectivity index (χ4v) is 1.36. The Kier molecular flexibility index (Phi) is 6.22. The maximum Gasteiger partial charge on any atom is 0.327 e. The lowest BCUT2D eigenvalue weighted by Gasteiger charge is -2.28. The number of carboxylic acids is 1. The smallest absolute Gasteiger partial charge is 0.327 e. The van der Waals surface area contributed by atoms with Gasteiger partial charge >= 0.3 is 5.97 Å². The van der Waals surface area contributed by atoms with E-state index in [0.717, 1.165) is 4.90 Å². The van der Waals surface area contributed by atoms with Gasteiger partial charge in [0, 0.05) is 18.8 Å². The molecule has 14 heavy (non-hydrogen) atoms. The molecule has 0 radical (unpaired) electrons. The van der Waals surface area contributed by atoms with Gasteiger partial charge < -0.3 is 15.7 Å². The van der Waals surface area contributed by atoms with E-state index < -0.39 is 18.7 Å². The molecule has 4 N–H and O–H groups in total. The number of nitrogens with zero attached hydrogens (tertiary/aromatic N) is 1. The molecular formula is C7H14FN3O2S. The van der Waals surface area contributed by atoms with Gasteiger partial charge in [-0.05, 0) is 0 Å². The van der Waals surface area contributed by atoms with Crippen molar-refractivity contribution in [3.63, 3.8) is 0 Å². The molecule has 0 aromatic rings. The fraction of sp³-hybridized carbons (Fsp3) is 0.714. The van der Waals surface area contributed by atoms with Crippen LogP contribution in [0.3, 0.4) is 0 Å². The molecule has 0 fully saturated rings. The van der Waals surface area contributed by atoms with Crippen molar-refractivity contribution in [1.29, 1.82) is 5.41 Å². The number of carbonyl (C=O) groups is 1. The van der Waals surface area contributed by atoms with E-state index in [0.29, 0.717) is 0 Å². The molecule has 0 rings (SSSR count). The predicted octanol–water partition coefficient (Wildman–Crippen LogP) is -0.423. The van der Waals surface area contributed by atoms with E-state index in [1.54, 1.807) is 0 Å². The molecule has 0 heterocycles. The summed E-state index contributed by atoms with van der Waals surface area (Å²) in [7, 11) is 0. The molecule has 82 valence electrons. The van der Waals surface area contributed by atoms with Crippen LogP contribution in [-0.2, 0) is 4.79 Å². The van der Waals surface area contributed by atoms with Crippen LogP contribution in [-0.4, -0.2) is 53.4 Å². The molecule has 0 saturated carbocycles. The van der Waals surface area contributed by atoms with E-state index in [2.05, 4.69) is 12.6 Å². The van der Waals surface area contributed by atoms with Crippen molar-refractivity contribution < 1.29 is 14.3 Å². The Morgan fingerprint density at radius 1 is 1.71 bits per heavy atom. The van der Waals surface area contributed by atoms with Gasteiger partial charge in [0.15, 0.2) is 0 Å². The Morgan fingerprint density at radius 3 is 2.57 bits per heavy atom. The van der Waals surface area contributed by atoms with Gasteiger partial charge in [-0.15, -0.1) is 0 Å². The monoisotopic (exact) mass is 223 g/mol. The molecular weight excluding hydrogens is 209 g/mol. The molecule has 0 aromatic heterocycles. The first kappa shape index (κ1) is 13.2. The van der Waals surface area contributed by atoms with Gasteiger partial charge in [0.2, 0.25) is 0 Å². The third kappa shape index (κ3) is 3.51. The highest BCUT2D eigenvalue weighted by Crippen LogP contribution is 2.03. The highest BCUT2D eigenvalue weighted by atomic mass is 32.1. The summed E-state index contributed by atoms with van der Waals surface area (Å²) < 4.78 is 12.2. The van der Waals surface area contributed by atoms with Crippen LogP contribution in [0.5, 0.6) is 0 Å². The number of amidine groups is 1. The second-order valence-electron chi connectivity index (χ2n) is 2.60. The molecule has 1 atom stereocenters. The van der Waals surface area contributed by atoms with Gasteiger partial charge in [0.05, 0.1) is 0 Å². The number of hydrogen-bond donors (Lipinski definition) is 4. The minimum atomic E-state index is -1.13. The van der Waals surface area contributed by atoms with Crippen molar-refractivity contribution in [2.75, 3.05) is 25.5 Å². The summed E-state index contributed by atoms with van der Waals surface area (Å²) in [5.74, 6) is -1.50. The number of aliphatic carboxylic acids is 1. The summed E-state index contributed by atoms with van der Waals surface area (Å²) in [6.45, 7) is -0.697. The Morgan fingerprint density at radius 2 is 2.29 bits per heavy atom. The van der Waals surface area contributed by atoms with E-state index in [1.165, 1.54) is 0 Å². The van der Waals surface area contributed by atoms with Crippen molar-refractivity contribution in [3.05, 3.63) is 0 Å². The topological polar surface area (TPSA) is 90.4 Å². The summed E-state index contributed by atoms with van der Waals surface area (Å²) in [6.07, 6.45) is 0. The lowest BCUT2D eigenvalue weighted by Crippen LogP contribution is -2.48. The second kappa shape index (κ2) is 6.61. The first-order chi connectivity index (χ1) is 6.58. The number of thiol groups is 1. The highest BCUT2D eigenvalue weighted by Gasteiger charge is 2.25. The SMILES string of the molecule is N=C(CF)N(CCN)[C@@H](CS)C(=O)O. The van der Waals surface area contributed by atoms with Crippen molar-refractivity contribution in [2.24, 2.45) is 5.73 Å². The molecule has 0 bridgehead atoms. The van der Waals surface area contributed by atoms with Gasteiger partial charge in [0.1, 0.15) is 18.6 Å². The van der Waals surface area contributed by atoms with Gasteiger partial charge in [-0.25, -0.2) is 9.18 Å². The molecule has 0 aliphatic carbocycles. The Hall–Kier alpha value is -0.820. The van der Waals surface area contributed by atoms with Crippen LogP contribution in [0, 0.1) is 5.41 Å². The van der Waals surface area contributed by atoms with Crippen molar-refractivity contribution in [3.8, 4) is 0 Å². The number of carboxylic acid groups (broad SMARTS) is 1. The van der Waals surface area contributed by atoms with Crippen molar-refractivity contribution in [1.82, 2.24) is 4.90 Å². The van der Waals surface area contributed by atoms with Crippen LogP contribution >= 0.6 is 12.6 Å². The number of alkyl halides is 1. The number of hydrogen-bond acceptors (Lipinski definition) is 4. The lowest BCUT2D eigenvalue weighted by atomic mass is 10.2. The molecule has 0 aromatic carbocycles. The average Bonchev–Trinajstić information content (AvgIpc) is 2.16. The molecule has 7 heteroatoms. The van der Waals surface area contributed by atoms with Gasteiger partial charge in [-0.2, -0.15) is 12.6 Å².